The molecule has 1 aromatic rings. The van der Waals surface area contributed by atoms with E-state index in [2.05, 4.69) is 24.1 Å². The van der Waals surface area contributed by atoms with Gasteiger partial charge in [0.25, 0.3) is 5.91 Å². The number of fused-ring (bicyclic) bond motifs is 1. The summed E-state index contributed by atoms with van der Waals surface area (Å²) in [4.78, 5) is 40.3. The van der Waals surface area contributed by atoms with Crippen molar-refractivity contribution in [3.63, 3.8) is 0 Å². The van der Waals surface area contributed by atoms with E-state index in [-0.39, 0.29) is 30.2 Å². The molecule has 0 aliphatic carbocycles. The van der Waals surface area contributed by atoms with E-state index >= 15 is 0 Å². The summed E-state index contributed by atoms with van der Waals surface area (Å²) in [7, 11) is 0. The van der Waals surface area contributed by atoms with Crippen molar-refractivity contribution in [2.24, 2.45) is 5.92 Å². The maximum atomic E-state index is 12.8. The standard InChI is InChI=1S/C21H27N3O4/c1-3-23-9-8-13(2)18(12-23)28-15-4-5-16-14(10-15)11-24(21(16)27)17-6-7-19(25)22-20(17)26/h4-5,10,13,17-18H,3,6-9,11-12H2,1-2H3,(H,22,25,26)/t13-,17+,18-/m0/s1. The Kier molecular flexibility index (Phi) is 5.10. The van der Waals surface area contributed by atoms with E-state index in [0.29, 0.717) is 24.4 Å². The van der Waals surface area contributed by atoms with Gasteiger partial charge in [-0.2, -0.15) is 0 Å². The number of nitrogens with one attached hydrogen (secondary N) is 1. The van der Waals surface area contributed by atoms with Crippen LogP contribution in [0.3, 0.4) is 0 Å². The van der Waals surface area contributed by atoms with E-state index in [0.717, 1.165) is 37.4 Å². The summed E-state index contributed by atoms with van der Waals surface area (Å²) in [5.41, 5.74) is 1.49. The first-order valence-corrected chi connectivity index (χ1v) is 10.1. The molecular weight excluding hydrogens is 358 g/mol. The highest BCUT2D eigenvalue weighted by molar-refractivity contribution is 6.05. The van der Waals surface area contributed by atoms with Gasteiger partial charge in [0.05, 0.1) is 0 Å². The molecule has 7 nitrogen and oxygen atoms in total. The van der Waals surface area contributed by atoms with Crippen molar-refractivity contribution >= 4 is 17.7 Å². The number of carbonyl (C=O) groups is 3. The van der Waals surface area contributed by atoms with Crippen molar-refractivity contribution in [1.29, 1.82) is 0 Å². The molecule has 3 amide bonds. The molecule has 2 fully saturated rings. The third-order valence-electron chi connectivity index (χ3n) is 6.20. The summed E-state index contributed by atoms with van der Waals surface area (Å²) in [6.45, 7) is 7.80. The summed E-state index contributed by atoms with van der Waals surface area (Å²) in [5, 5.41) is 2.33. The zero-order valence-electron chi connectivity index (χ0n) is 16.4. The second kappa shape index (κ2) is 7.54. The maximum Gasteiger partial charge on any atom is 0.255 e. The summed E-state index contributed by atoms with van der Waals surface area (Å²) >= 11 is 0. The van der Waals surface area contributed by atoms with Crippen molar-refractivity contribution < 1.29 is 19.1 Å². The van der Waals surface area contributed by atoms with Crippen molar-refractivity contribution in [3.05, 3.63) is 29.3 Å². The van der Waals surface area contributed by atoms with Gasteiger partial charge in [-0.05, 0) is 55.6 Å². The molecule has 0 bridgehead atoms. The molecular formula is C21H27N3O4. The van der Waals surface area contributed by atoms with Gasteiger partial charge in [-0.15, -0.1) is 0 Å². The van der Waals surface area contributed by atoms with Gasteiger partial charge in [0.15, 0.2) is 0 Å². The Morgan fingerprint density at radius 2 is 2.04 bits per heavy atom. The van der Waals surface area contributed by atoms with E-state index in [1.807, 2.05) is 12.1 Å². The average Bonchev–Trinajstić information content (AvgIpc) is 2.99. The van der Waals surface area contributed by atoms with Crippen LogP contribution in [0.1, 0.15) is 49.0 Å². The van der Waals surface area contributed by atoms with Gasteiger partial charge in [-0.25, -0.2) is 0 Å². The Morgan fingerprint density at radius 3 is 2.79 bits per heavy atom. The molecule has 28 heavy (non-hydrogen) atoms. The number of rotatable bonds is 4. The lowest BCUT2D eigenvalue weighted by Gasteiger charge is -2.36. The number of carbonyl (C=O) groups excluding carboxylic acids is 3. The molecule has 0 aromatic heterocycles. The van der Waals surface area contributed by atoms with Crippen LogP contribution in [0.5, 0.6) is 5.75 Å². The van der Waals surface area contributed by atoms with Crippen molar-refractivity contribution in [1.82, 2.24) is 15.1 Å². The minimum absolute atomic E-state index is 0.134. The SMILES string of the molecule is CCN1CC[C@H](C)[C@@H](Oc2ccc3c(c2)CN([C@@H]2CCC(=O)NC2=O)C3=O)C1. The fourth-order valence-electron chi connectivity index (χ4n) is 4.34. The molecule has 3 aliphatic rings. The van der Waals surface area contributed by atoms with E-state index in [4.69, 9.17) is 4.74 Å². The van der Waals surface area contributed by atoms with E-state index in [1.165, 1.54) is 0 Å². The number of imide groups is 1. The molecule has 150 valence electrons. The van der Waals surface area contributed by atoms with Crippen LogP contribution in [0.25, 0.3) is 0 Å². The quantitative estimate of drug-likeness (QED) is 0.796. The number of hydrogen-bond donors (Lipinski definition) is 1. The van der Waals surface area contributed by atoms with Gasteiger partial charge in [-0.3, -0.25) is 24.6 Å². The fraction of sp³-hybridized carbons (Fsp3) is 0.571. The molecule has 3 atom stereocenters. The number of likely N-dealkylation sites (N-methyl/N-ethyl adjacent to an activating group) is 1. The average molecular weight is 385 g/mol. The number of nitrogens with zero attached hydrogens (tertiary/aromatic N) is 2. The normalized spacial score (nSPS) is 28.3. The van der Waals surface area contributed by atoms with Gasteiger partial charge in [0.2, 0.25) is 11.8 Å². The Hall–Kier alpha value is -2.41. The molecule has 3 aliphatic heterocycles. The smallest absolute Gasteiger partial charge is 0.255 e. The number of hydrogen-bond acceptors (Lipinski definition) is 5. The Labute approximate surface area is 165 Å². The topological polar surface area (TPSA) is 79.0 Å². The lowest BCUT2D eigenvalue weighted by Crippen LogP contribution is -2.52. The van der Waals surface area contributed by atoms with Crippen molar-refractivity contribution in [3.8, 4) is 5.75 Å². The van der Waals surface area contributed by atoms with Crippen LogP contribution < -0.4 is 10.1 Å². The van der Waals surface area contributed by atoms with Crippen LogP contribution in [-0.4, -0.2) is 59.3 Å². The van der Waals surface area contributed by atoms with Crippen LogP contribution in [0.2, 0.25) is 0 Å². The van der Waals surface area contributed by atoms with Crippen LogP contribution in [0.15, 0.2) is 18.2 Å². The molecule has 0 radical (unpaired) electrons. The third-order valence-corrected chi connectivity index (χ3v) is 6.20. The van der Waals surface area contributed by atoms with E-state index in [1.54, 1.807) is 11.0 Å². The molecule has 2 saturated heterocycles. The predicted molar refractivity (Wildman–Crippen MR) is 103 cm³/mol. The summed E-state index contributed by atoms with van der Waals surface area (Å²) in [6.07, 6.45) is 1.89. The highest BCUT2D eigenvalue weighted by Gasteiger charge is 2.39. The first-order valence-electron chi connectivity index (χ1n) is 10.1. The van der Waals surface area contributed by atoms with Gasteiger partial charge in [0.1, 0.15) is 17.9 Å². The highest BCUT2D eigenvalue weighted by atomic mass is 16.5. The molecule has 4 rings (SSSR count). The number of piperidine rings is 2. The minimum atomic E-state index is -0.585. The largest absolute Gasteiger partial charge is 0.489 e. The molecule has 7 heteroatoms. The Morgan fingerprint density at radius 1 is 1.21 bits per heavy atom. The second-order valence-electron chi connectivity index (χ2n) is 8.03. The van der Waals surface area contributed by atoms with E-state index in [9.17, 15) is 14.4 Å². The molecule has 1 N–H and O–H groups in total. The van der Waals surface area contributed by atoms with Gasteiger partial charge in [-0.1, -0.05) is 13.8 Å². The first kappa shape index (κ1) is 18.9. The Bertz CT molecular complexity index is 809. The zero-order chi connectivity index (χ0) is 19.8. The van der Waals surface area contributed by atoms with Crippen molar-refractivity contribution in [2.45, 2.75) is 51.8 Å². The Balaban J connectivity index is 1.48. The van der Waals surface area contributed by atoms with Crippen LogP contribution in [0.4, 0.5) is 0 Å². The minimum Gasteiger partial charge on any atom is -0.489 e. The zero-order valence-corrected chi connectivity index (χ0v) is 16.4. The fourth-order valence-corrected chi connectivity index (χ4v) is 4.34. The van der Waals surface area contributed by atoms with Crippen LogP contribution >= 0.6 is 0 Å². The van der Waals surface area contributed by atoms with Gasteiger partial charge >= 0.3 is 0 Å². The number of benzene rings is 1. The maximum absolute atomic E-state index is 12.8. The van der Waals surface area contributed by atoms with Gasteiger partial charge in [0, 0.05) is 25.1 Å². The molecule has 3 heterocycles. The monoisotopic (exact) mass is 385 g/mol. The van der Waals surface area contributed by atoms with Crippen LogP contribution in [-0.2, 0) is 16.1 Å². The number of likely N-dealkylation sites (tertiary alicyclic amines) is 1. The second-order valence-corrected chi connectivity index (χ2v) is 8.03. The summed E-state index contributed by atoms with van der Waals surface area (Å²) in [6, 6.07) is 4.99. The summed E-state index contributed by atoms with van der Waals surface area (Å²) in [5.74, 6) is 0.441. The molecule has 0 unspecified atom stereocenters. The molecule has 0 spiro atoms. The summed E-state index contributed by atoms with van der Waals surface area (Å²) < 4.78 is 6.28. The number of ether oxygens (including phenoxy) is 1. The first-order chi connectivity index (χ1) is 13.5. The lowest BCUT2D eigenvalue weighted by molar-refractivity contribution is -0.136. The van der Waals surface area contributed by atoms with Crippen molar-refractivity contribution in [2.75, 3.05) is 19.6 Å². The lowest BCUT2D eigenvalue weighted by atomic mass is 9.96. The predicted octanol–water partition coefficient (Wildman–Crippen LogP) is 1.56. The molecule has 1 aromatic carbocycles. The van der Waals surface area contributed by atoms with E-state index < -0.39 is 6.04 Å². The molecule has 0 saturated carbocycles. The van der Waals surface area contributed by atoms with Crippen LogP contribution in [0, 0.1) is 5.92 Å². The number of amides is 3. The third kappa shape index (κ3) is 3.51. The highest BCUT2D eigenvalue weighted by Crippen LogP contribution is 2.31. The van der Waals surface area contributed by atoms with Gasteiger partial charge < -0.3 is 9.64 Å².